The van der Waals surface area contributed by atoms with E-state index in [1.165, 1.54) is 0 Å². The number of likely N-dealkylation sites (tertiary alicyclic amines) is 1. The molecule has 1 saturated heterocycles. The number of carbonyl (C=O) groups is 2. The Morgan fingerprint density at radius 2 is 1.94 bits per heavy atom. The van der Waals surface area contributed by atoms with Gasteiger partial charge in [-0.2, -0.15) is 0 Å². The molecule has 1 unspecified atom stereocenters. The molecular formula is C26H29N3O4. The third-order valence-electron chi connectivity index (χ3n) is 5.99. The fourth-order valence-electron chi connectivity index (χ4n) is 4.41. The van der Waals surface area contributed by atoms with Crippen LogP contribution >= 0.6 is 0 Å². The summed E-state index contributed by atoms with van der Waals surface area (Å²) in [5.41, 5.74) is 1.07. The normalized spacial score (nSPS) is 17.9. The van der Waals surface area contributed by atoms with Crippen LogP contribution in [-0.2, 0) is 11.2 Å². The van der Waals surface area contributed by atoms with E-state index in [1.54, 1.807) is 36.3 Å². The lowest BCUT2D eigenvalue weighted by molar-refractivity contribution is -0.131. The molecule has 2 amide bonds. The standard InChI is InChI=1S/C26H29N3O4/c1-18(2)27-25(31)26(17-22-16-23(28-33-22)19-9-5-4-6-10-19)13-8-14-29(26)24(30)20-11-7-12-21(15-20)32-3/h4-7,9-12,15-16,18H,8,13-14,17H2,1-3H3,(H,27,31). The molecule has 0 bridgehead atoms. The molecule has 33 heavy (non-hydrogen) atoms. The van der Waals surface area contributed by atoms with Crippen molar-refractivity contribution in [1.29, 1.82) is 0 Å². The van der Waals surface area contributed by atoms with Gasteiger partial charge in [0, 0.05) is 36.2 Å². The van der Waals surface area contributed by atoms with Gasteiger partial charge in [-0.15, -0.1) is 0 Å². The maximum atomic E-state index is 13.6. The molecule has 4 rings (SSSR count). The molecule has 2 heterocycles. The largest absolute Gasteiger partial charge is 0.497 e. The third-order valence-corrected chi connectivity index (χ3v) is 5.99. The van der Waals surface area contributed by atoms with E-state index in [1.807, 2.05) is 50.2 Å². The first-order valence-electron chi connectivity index (χ1n) is 11.2. The molecule has 0 aliphatic carbocycles. The van der Waals surface area contributed by atoms with Gasteiger partial charge < -0.3 is 19.5 Å². The summed E-state index contributed by atoms with van der Waals surface area (Å²) >= 11 is 0. The predicted molar refractivity (Wildman–Crippen MR) is 125 cm³/mol. The number of amides is 2. The third kappa shape index (κ3) is 4.62. The average molecular weight is 448 g/mol. The summed E-state index contributed by atoms with van der Waals surface area (Å²) in [7, 11) is 1.56. The van der Waals surface area contributed by atoms with Crippen LogP contribution < -0.4 is 10.1 Å². The van der Waals surface area contributed by atoms with Gasteiger partial charge in [-0.05, 0) is 44.9 Å². The molecule has 0 spiro atoms. The highest BCUT2D eigenvalue weighted by atomic mass is 16.5. The van der Waals surface area contributed by atoms with E-state index in [2.05, 4.69) is 10.5 Å². The Hall–Kier alpha value is -3.61. The smallest absolute Gasteiger partial charge is 0.254 e. The van der Waals surface area contributed by atoms with Crippen LogP contribution in [0.25, 0.3) is 11.3 Å². The van der Waals surface area contributed by atoms with E-state index < -0.39 is 5.54 Å². The molecule has 3 aromatic rings. The Morgan fingerprint density at radius 1 is 1.15 bits per heavy atom. The van der Waals surface area contributed by atoms with Crippen molar-refractivity contribution < 1.29 is 18.8 Å². The van der Waals surface area contributed by atoms with Gasteiger partial charge in [0.25, 0.3) is 5.91 Å². The molecule has 172 valence electrons. The van der Waals surface area contributed by atoms with E-state index >= 15 is 0 Å². The number of nitrogens with one attached hydrogen (secondary N) is 1. The maximum absolute atomic E-state index is 13.6. The first-order valence-corrected chi connectivity index (χ1v) is 11.2. The van der Waals surface area contributed by atoms with E-state index in [9.17, 15) is 9.59 Å². The average Bonchev–Trinajstić information content (AvgIpc) is 3.47. The van der Waals surface area contributed by atoms with Gasteiger partial charge in [0.15, 0.2) is 0 Å². The highest BCUT2D eigenvalue weighted by molar-refractivity contribution is 6.00. The van der Waals surface area contributed by atoms with Gasteiger partial charge in [-0.25, -0.2) is 0 Å². The summed E-state index contributed by atoms with van der Waals surface area (Å²) in [6, 6.07) is 18.5. The number of nitrogens with zero attached hydrogens (tertiary/aromatic N) is 2. The van der Waals surface area contributed by atoms with Gasteiger partial charge >= 0.3 is 0 Å². The Labute approximate surface area is 193 Å². The molecular weight excluding hydrogens is 418 g/mol. The summed E-state index contributed by atoms with van der Waals surface area (Å²) in [6.45, 7) is 4.31. The van der Waals surface area contributed by atoms with Crippen LogP contribution in [0.3, 0.4) is 0 Å². The summed E-state index contributed by atoms with van der Waals surface area (Å²) in [6.07, 6.45) is 1.52. The van der Waals surface area contributed by atoms with Crippen LogP contribution in [0.1, 0.15) is 42.8 Å². The van der Waals surface area contributed by atoms with Gasteiger partial charge in [0.2, 0.25) is 5.91 Å². The van der Waals surface area contributed by atoms with E-state index in [4.69, 9.17) is 9.26 Å². The van der Waals surface area contributed by atoms with Gasteiger partial charge in [-0.1, -0.05) is 41.6 Å². The summed E-state index contributed by atoms with van der Waals surface area (Å²) in [5, 5.41) is 7.23. The molecule has 0 radical (unpaired) electrons. The van der Waals surface area contributed by atoms with Crippen molar-refractivity contribution in [1.82, 2.24) is 15.4 Å². The number of aromatic nitrogens is 1. The highest BCUT2D eigenvalue weighted by Crippen LogP contribution is 2.36. The van der Waals surface area contributed by atoms with E-state index in [-0.39, 0.29) is 24.3 Å². The molecule has 7 heteroatoms. The first kappa shape index (κ1) is 22.6. The Kier molecular flexibility index (Phi) is 6.49. The molecule has 0 saturated carbocycles. The van der Waals surface area contributed by atoms with Crippen molar-refractivity contribution in [3.63, 3.8) is 0 Å². The highest BCUT2D eigenvalue weighted by Gasteiger charge is 2.50. The van der Waals surface area contributed by atoms with Crippen molar-refractivity contribution in [2.45, 2.75) is 44.7 Å². The number of rotatable bonds is 7. The monoisotopic (exact) mass is 447 g/mol. The number of ether oxygens (including phenoxy) is 1. The molecule has 2 aromatic carbocycles. The van der Waals surface area contributed by atoms with Gasteiger partial charge in [0.05, 0.1) is 7.11 Å². The molecule has 1 N–H and O–H groups in total. The number of methoxy groups -OCH3 is 1. The van der Waals surface area contributed by atoms with Crippen molar-refractivity contribution in [3.8, 4) is 17.0 Å². The van der Waals surface area contributed by atoms with Crippen molar-refractivity contribution >= 4 is 11.8 Å². The lowest BCUT2D eigenvalue weighted by Gasteiger charge is -2.37. The number of hydrogen-bond donors (Lipinski definition) is 1. The zero-order valence-corrected chi connectivity index (χ0v) is 19.2. The van der Waals surface area contributed by atoms with Gasteiger partial charge in [0.1, 0.15) is 22.7 Å². The van der Waals surface area contributed by atoms with E-state index in [0.717, 1.165) is 12.0 Å². The molecule has 1 atom stereocenters. The Morgan fingerprint density at radius 3 is 2.67 bits per heavy atom. The van der Waals surface area contributed by atoms with Crippen molar-refractivity contribution in [2.24, 2.45) is 0 Å². The molecule has 1 aromatic heterocycles. The second-order valence-corrected chi connectivity index (χ2v) is 8.67. The van der Waals surface area contributed by atoms with Gasteiger partial charge in [-0.3, -0.25) is 9.59 Å². The van der Waals surface area contributed by atoms with Crippen LogP contribution in [-0.4, -0.2) is 47.1 Å². The Balaban J connectivity index is 1.68. The lowest BCUT2D eigenvalue weighted by atomic mass is 9.88. The second kappa shape index (κ2) is 9.48. The quantitative estimate of drug-likeness (QED) is 0.590. The van der Waals surface area contributed by atoms with Crippen LogP contribution in [0.15, 0.2) is 65.2 Å². The van der Waals surface area contributed by atoms with Crippen molar-refractivity contribution in [3.05, 3.63) is 72.0 Å². The number of hydrogen-bond acceptors (Lipinski definition) is 5. The second-order valence-electron chi connectivity index (χ2n) is 8.67. The summed E-state index contributed by atoms with van der Waals surface area (Å²) in [4.78, 5) is 28.8. The molecule has 7 nitrogen and oxygen atoms in total. The van der Waals surface area contributed by atoms with Crippen LogP contribution in [0.4, 0.5) is 0 Å². The minimum Gasteiger partial charge on any atom is -0.497 e. The Bertz CT molecular complexity index is 1130. The van der Waals surface area contributed by atoms with Crippen LogP contribution in [0, 0.1) is 0 Å². The fourth-order valence-corrected chi connectivity index (χ4v) is 4.41. The topological polar surface area (TPSA) is 84.7 Å². The molecule has 1 fully saturated rings. The molecule has 1 aliphatic heterocycles. The molecule has 1 aliphatic rings. The SMILES string of the molecule is COc1cccc(C(=O)N2CCCC2(Cc2cc(-c3ccccc3)no2)C(=O)NC(C)C)c1. The minimum absolute atomic E-state index is 0.0571. The number of carbonyl (C=O) groups excluding carboxylic acids is 2. The predicted octanol–water partition coefficient (Wildman–Crippen LogP) is 4.09. The first-order chi connectivity index (χ1) is 15.9. The lowest BCUT2D eigenvalue weighted by Crippen LogP contribution is -2.59. The zero-order chi connectivity index (χ0) is 23.4. The summed E-state index contributed by atoms with van der Waals surface area (Å²) < 4.78 is 10.9. The minimum atomic E-state index is -1.06. The fraction of sp³-hybridized carbons (Fsp3) is 0.346. The van der Waals surface area contributed by atoms with Crippen molar-refractivity contribution in [2.75, 3.05) is 13.7 Å². The van der Waals surface area contributed by atoms with Crippen LogP contribution in [0.5, 0.6) is 5.75 Å². The van der Waals surface area contributed by atoms with Crippen LogP contribution in [0.2, 0.25) is 0 Å². The number of benzene rings is 2. The maximum Gasteiger partial charge on any atom is 0.254 e. The summed E-state index contributed by atoms with van der Waals surface area (Å²) in [5.74, 6) is 0.787. The zero-order valence-electron chi connectivity index (χ0n) is 19.2. The van der Waals surface area contributed by atoms with E-state index in [0.29, 0.717) is 35.7 Å².